The van der Waals surface area contributed by atoms with E-state index in [1.54, 1.807) is 24.1 Å². The van der Waals surface area contributed by atoms with E-state index in [0.717, 1.165) is 0 Å². The van der Waals surface area contributed by atoms with Gasteiger partial charge in [0, 0.05) is 18.7 Å². The molecule has 1 amide bonds. The Balaban J connectivity index is 2.82. The first-order valence-corrected chi connectivity index (χ1v) is 5.49. The molecule has 1 unspecified atom stereocenters. The standard InChI is InChI=1S/C13H19NO2/c1-9(2)10(3)14(4)13(16)11-5-7-12(15)8-6-11/h5-10,15H,1-4H3. The molecule has 0 aliphatic carbocycles. The van der Waals surface area contributed by atoms with Crippen LogP contribution in [0.5, 0.6) is 5.75 Å². The van der Waals surface area contributed by atoms with Gasteiger partial charge in [0.1, 0.15) is 5.75 Å². The number of carbonyl (C=O) groups excluding carboxylic acids is 1. The molecule has 1 atom stereocenters. The van der Waals surface area contributed by atoms with Crippen molar-refractivity contribution in [1.29, 1.82) is 0 Å². The highest BCUT2D eigenvalue weighted by Gasteiger charge is 2.19. The van der Waals surface area contributed by atoms with Crippen molar-refractivity contribution in [2.75, 3.05) is 7.05 Å². The van der Waals surface area contributed by atoms with Gasteiger partial charge in [-0.15, -0.1) is 0 Å². The number of hydrogen-bond acceptors (Lipinski definition) is 2. The van der Waals surface area contributed by atoms with Crippen LogP contribution in [-0.4, -0.2) is 29.0 Å². The minimum absolute atomic E-state index is 0.0128. The zero-order valence-corrected chi connectivity index (χ0v) is 10.3. The number of aromatic hydroxyl groups is 1. The number of carbonyl (C=O) groups is 1. The van der Waals surface area contributed by atoms with Crippen LogP contribution in [0.25, 0.3) is 0 Å². The predicted molar refractivity (Wildman–Crippen MR) is 64.5 cm³/mol. The Morgan fingerprint density at radius 3 is 2.12 bits per heavy atom. The minimum Gasteiger partial charge on any atom is -0.508 e. The van der Waals surface area contributed by atoms with Crippen LogP contribution in [0.3, 0.4) is 0 Å². The van der Waals surface area contributed by atoms with Gasteiger partial charge in [-0.1, -0.05) is 13.8 Å². The summed E-state index contributed by atoms with van der Waals surface area (Å²) in [7, 11) is 1.81. The molecular weight excluding hydrogens is 202 g/mol. The smallest absolute Gasteiger partial charge is 0.253 e. The van der Waals surface area contributed by atoms with E-state index < -0.39 is 0 Å². The summed E-state index contributed by atoms with van der Waals surface area (Å²) in [6.45, 7) is 6.21. The van der Waals surface area contributed by atoms with Crippen LogP contribution in [0.2, 0.25) is 0 Å². The fraction of sp³-hybridized carbons (Fsp3) is 0.462. The lowest BCUT2D eigenvalue weighted by Crippen LogP contribution is -2.38. The Labute approximate surface area is 96.7 Å². The molecule has 0 bridgehead atoms. The molecule has 0 radical (unpaired) electrons. The highest BCUT2D eigenvalue weighted by Crippen LogP contribution is 2.15. The summed E-state index contributed by atoms with van der Waals surface area (Å²) >= 11 is 0. The zero-order chi connectivity index (χ0) is 12.3. The van der Waals surface area contributed by atoms with E-state index >= 15 is 0 Å². The van der Waals surface area contributed by atoms with Gasteiger partial charge in [-0.05, 0) is 37.1 Å². The summed E-state index contributed by atoms with van der Waals surface area (Å²) in [4.78, 5) is 13.8. The van der Waals surface area contributed by atoms with Gasteiger partial charge in [-0.2, -0.15) is 0 Å². The molecular formula is C13H19NO2. The molecule has 0 fully saturated rings. The summed E-state index contributed by atoms with van der Waals surface area (Å²) in [5, 5.41) is 9.15. The highest BCUT2D eigenvalue weighted by atomic mass is 16.3. The van der Waals surface area contributed by atoms with E-state index in [-0.39, 0.29) is 17.7 Å². The van der Waals surface area contributed by atoms with E-state index in [9.17, 15) is 4.79 Å². The highest BCUT2D eigenvalue weighted by molar-refractivity contribution is 5.94. The average molecular weight is 221 g/mol. The van der Waals surface area contributed by atoms with Crippen molar-refractivity contribution in [2.45, 2.75) is 26.8 Å². The van der Waals surface area contributed by atoms with Gasteiger partial charge < -0.3 is 10.0 Å². The van der Waals surface area contributed by atoms with Gasteiger partial charge in [-0.25, -0.2) is 0 Å². The third-order valence-corrected chi connectivity index (χ3v) is 3.01. The van der Waals surface area contributed by atoms with Crippen molar-refractivity contribution in [1.82, 2.24) is 4.90 Å². The van der Waals surface area contributed by atoms with Crippen LogP contribution in [0.1, 0.15) is 31.1 Å². The fourth-order valence-corrected chi connectivity index (χ4v) is 1.44. The topological polar surface area (TPSA) is 40.5 Å². The molecule has 0 aliphatic rings. The van der Waals surface area contributed by atoms with Crippen molar-refractivity contribution in [3.05, 3.63) is 29.8 Å². The quantitative estimate of drug-likeness (QED) is 0.852. The summed E-state index contributed by atoms with van der Waals surface area (Å²) in [6.07, 6.45) is 0. The van der Waals surface area contributed by atoms with Crippen LogP contribution in [-0.2, 0) is 0 Å². The third-order valence-electron chi connectivity index (χ3n) is 3.01. The second kappa shape index (κ2) is 5.01. The molecule has 0 saturated carbocycles. The molecule has 1 aromatic carbocycles. The molecule has 0 aliphatic heterocycles. The van der Waals surface area contributed by atoms with Crippen LogP contribution in [0.4, 0.5) is 0 Å². The van der Waals surface area contributed by atoms with E-state index in [2.05, 4.69) is 13.8 Å². The maximum absolute atomic E-state index is 12.0. The summed E-state index contributed by atoms with van der Waals surface area (Å²) in [5.41, 5.74) is 0.604. The molecule has 16 heavy (non-hydrogen) atoms. The van der Waals surface area contributed by atoms with E-state index in [1.165, 1.54) is 12.1 Å². The molecule has 0 spiro atoms. The van der Waals surface area contributed by atoms with Crippen molar-refractivity contribution in [2.24, 2.45) is 5.92 Å². The Morgan fingerprint density at radius 1 is 1.19 bits per heavy atom. The molecule has 1 N–H and O–H groups in total. The van der Waals surface area contributed by atoms with E-state index in [1.807, 2.05) is 6.92 Å². The number of nitrogens with zero attached hydrogens (tertiary/aromatic N) is 1. The van der Waals surface area contributed by atoms with Crippen molar-refractivity contribution < 1.29 is 9.90 Å². The van der Waals surface area contributed by atoms with E-state index in [4.69, 9.17) is 5.11 Å². The van der Waals surface area contributed by atoms with Gasteiger partial charge >= 0.3 is 0 Å². The van der Waals surface area contributed by atoms with Gasteiger partial charge in [0.05, 0.1) is 0 Å². The van der Waals surface area contributed by atoms with Crippen LogP contribution in [0, 0.1) is 5.92 Å². The van der Waals surface area contributed by atoms with Gasteiger partial charge in [0.25, 0.3) is 5.91 Å². The maximum Gasteiger partial charge on any atom is 0.253 e. The fourth-order valence-electron chi connectivity index (χ4n) is 1.44. The largest absolute Gasteiger partial charge is 0.508 e. The number of hydrogen-bond donors (Lipinski definition) is 1. The minimum atomic E-state index is -0.0128. The van der Waals surface area contributed by atoms with Crippen molar-refractivity contribution >= 4 is 5.91 Å². The van der Waals surface area contributed by atoms with Crippen LogP contribution in [0.15, 0.2) is 24.3 Å². The summed E-state index contributed by atoms with van der Waals surface area (Å²) < 4.78 is 0. The monoisotopic (exact) mass is 221 g/mol. The van der Waals surface area contributed by atoms with Gasteiger partial charge in [0.2, 0.25) is 0 Å². The molecule has 0 aromatic heterocycles. The first kappa shape index (κ1) is 12.6. The van der Waals surface area contributed by atoms with Gasteiger partial charge in [-0.3, -0.25) is 4.79 Å². The molecule has 3 nitrogen and oxygen atoms in total. The number of phenolic OH excluding ortho intramolecular Hbond substituents is 1. The SMILES string of the molecule is CC(C)C(C)N(C)C(=O)c1ccc(O)cc1. The molecule has 0 saturated heterocycles. The Morgan fingerprint density at radius 2 is 1.69 bits per heavy atom. The van der Waals surface area contributed by atoms with E-state index in [0.29, 0.717) is 11.5 Å². The number of phenols is 1. The average Bonchev–Trinajstić information content (AvgIpc) is 2.27. The Kier molecular flexibility index (Phi) is 3.93. The first-order chi connectivity index (χ1) is 7.43. The molecule has 1 rings (SSSR count). The summed E-state index contributed by atoms with van der Waals surface area (Å²) in [6, 6.07) is 6.53. The third kappa shape index (κ3) is 2.75. The second-order valence-electron chi connectivity index (χ2n) is 4.45. The Hall–Kier alpha value is -1.51. The zero-order valence-electron chi connectivity index (χ0n) is 10.3. The Bertz CT molecular complexity index is 357. The summed E-state index contributed by atoms with van der Waals surface area (Å²) in [5.74, 6) is 0.586. The lowest BCUT2D eigenvalue weighted by atomic mass is 10.0. The van der Waals surface area contributed by atoms with Crippen molar-refractivity contribution in [3.8, 4) is 5.75 Å². The van der Waals surface area contributed by atoms with Crippen LogP contribution < -0.4 is 0 Å². The molecule has 88 valence electrons. The lowest BCUT2D eigenvalue weighted by molar-refractivity contribution is 0.0707. The number of amides is 1. The number of rotatable bonds is 3. The van der Waals surface area contributed by atoms with Crippen molar-refractivity contribution in [3.63, 3.8) is 0 Å². The second-order valence-corrected chi connectivity index (χ2v) is 4.45. The predicted octanol–water partition coefficient (Wildman–Crippen LogP) is 2.51. The first-order valence-electron chi connectivity index (χ1n) is 5.49. The maximum atomic E-state index is 12.0. The molecule has 1 aromatic rings. The normalized spacial score (nSPS) is 12.6. The lowest BCUT2D eigenvalue weighted by Gasteiger charge is -2.28. The van der Waals surface area contributed by atoms with Crippen LogP contribution >= 0.6 is 0 Å². The van der Waals surface area contributed by atoms with Gasteiger partial charge in [0.15, 0.2) is 0 Å². The molecule has 0 heterocycles. The number of benzene rings is 1. The molecule has 3 heteroatoms.